The summed E-state index contributed by atoms with van der Waals surface area (Å²) in [6, 6.07) is 6.96. The topological polar surface area (TPSA) is 89.6 Å². The van der Waals surface area contributed by atoms with Gasteiger partial charge in [-0.2, -0.15) is 8.75 Å². The molecule has 8 heteroatoms. The summed E-state index contributed by atoms with van der Waals surface area (Å²) in [4.78, 5) is 0. The summed E-state index contributed by atoms with van der Waals surface area (Å²) in [5, 5.41) is 11.3. The van der Waals surface area contributed by atoms with Crippen LogP contribution < -0.4 is 11.1 Å². The first-order chi connectivity index (χ1) is 8.74. The molecule has 0 amide bonds. The van der Waals surface area contributed by atoms with Crippen molar-refractivity contribution in [3.63, 3.8) is 0 Å². The number of anilines is 3. The van der Waals surface area contributed by atoms with Crippen LogP contribution in [0.2, 0.25) is 5.02 Å². The van der Waals surface area contributed by atoms with Gasteiger partial charge < -0.3 is 11.1 Å². The van der Waals surface area contributed by atoms with Crippen molar-refractivity contribution in [2.45, 2.75) is 0 Å². The van der Waals surface area contributed by atoms with Crippen molar-refractivity contribution in [2.75, 3.05) is 11.1 Å². The minimum atomic E-state index is 0.361. The molecule has 1 aromatic carbocycles. The van der Waals surface area contributed by atoms with Crippen LogP contribution in [0.4, 0.5) is 17.3 Å². The van der Waals surface area contributed by atoms with Crippen molar-refractivity contribution in [3.05, 3.63) is 29.3 Å². The number of rotatable bonds is 2. The fourth-order valence-electron chi connectivity index (χ4n) is 1.48. The molecule has 6 nitrogen and oxygen atoms in total. The molecule has 0 atom stereocenters. The number of hydrogen-bond acceptors (Lipinski definition) is 7. The molecule has 18 heavy (non-hydrogen) atoms. The molecule has 0 spiro atoms. The molecular formula is C10H7ClN6S. The molecule has 0 aliphatic heterocycles. The zero-order valence-electron chi connectivity index (χ0n) is 8.96. The normalized spacial score (nSPS) is 10.7. The van der Waals surface area contributed by atoms with E-state index < -0.39 is 0 Å². The van der Waals surface area contributed by atoms with Crippen molar-refractivity contribution < 1.29 is 0 Å². The number of fused-ring (bicyclic) bond motifs is 1. The highest BCUT2D eigenvalue weighted by Crippen LogP contribution is 2.31. The van der Waals surface area contributed by atoms with Gasteiger partial charge in [0.05, 0.1) is 22.4 Å². The van der Waals surface area contributed by atoms with E-state index in [1.807, 2.05) is 6.07 Å². The molecule has 3 aromatic rings. The molecule has 0 unspecified atom stereocenters. The van der Waals surface area contributed by atoms with E-state index in [2.05, 4.69) is 24.3 Å². The zero-order chi connectivity index (χ0) is 12.5. The highest BCUT2D eigenvalue weighted by atomic mass is 35.5. The fourth-order valence-corrected chi connectivity index (χ4v) is 2.23. The second-order valence-corrected chi connectivity index (χ2v) is 4.46. The summed E-state index contributed by atoms with van der Waals surface area (Å²) in [5.41, 5.74) is 7.65. The van der Waals surface area contributed by atoms with Crippen molar-refractivity contribution in [2.24, 2.45) is 0 Å². The van der Waals surface area contributed by atoms with Crippen LogP contribution in [0.5, 0.6) is 0 Å². The summed E-state index contributed by atoms with van der Waals surface area (Å²) in [7, 11) is 0. The quantitative estimate of drug-likeness (QED) is 0.748. The molecule has 0 radical (unpaired) electrons. The van der Waals surface area contributed by atoms with Gasteiger partial charge in [-0.3, -0.25) is 0 Å². The maximum Gasteiger partial charge on any atom is 0.153 e. The van der Waals surface area contributed by atoms with Gasteiger partial charge in [0.1, 0.15) is 16.9 Å². The molecule has 0 saturated carbocycles. The molecule has 0 saturated heterocycles. The molecule has 0 fully saturated rings. The van der Waals surface area contributed by atoms with Gasteiger partial charge >= 0.3 is 0 Å². The van der Waals surface area contributed by atoms with Gasteiger partial charge in [0.25, 0.3) is 0 Å². The standard InChI is InChI=1S/C10H7ClN6S/c11-5-1-2-6-10(17-18-16-6)9(5)13-8-4-3-7(12)14-15-8/h1-4H,(H2,12,14)(H,13,15). The minimum absolute atomic E-state index is 0.361. The molecule has 3 N–H and O–H groups in total. The minimum Gasteiger partial charge on any atom is -0.382 e. The fraction of sp³-hybridized carbons (Fsp3) is 0. The zero-order valence-corrected chi connectivity index (χ0v) is 10.5. The highest BCUT2D eigenvalue weighted by molar-refractivity contribution is 7.00. The Labute approximate surface area is 111 Å². The van der Waals surface area contributed by atoms with Gasteiger partial charge in [-0.05, 0) is 24.3 Å². The molecular weight excluding hydrogens is 272 g/mol. The smallest absolute Gasteiger partial charge is 0.153 e. The second-order valence-electron chi connectivity index (χ2n) is 3.52. The Kier molecular flexibility index (Phi) is 2.69. The molecule has 0 bridgehead atoms. The van der Waals surface area contributed by atoms with Crippen LogP contribution in [0.3, 0.4) is 0 Å². The van der Waals surface area contributed by atoms with Crippen LogP contribution in [0.25, 0.3) is 11.0 Å². The number of halogens is 1. The lowest BCUT2D eigenvalue weighted by atomic mass is 10.2. The molecule has 2 heterocycles. The molecule has 0 aliphatic carbocycles. The van der Waals surface area contributed by atoms with Crippen LogP contribution in [0.1, 0.15) is 0 Å². The van der Waals surface area contributed by atoms with E-state index in [0.717, 1.165) is 17.2 Å². The SMILES string of the molecule is Nc1ccc(Nc2c(Cl)ccc3nsnc23)nn1. The van der Waals surface area contributed by atoms with Gasteiger partial charge in [-0.25, -0.2) is 0 Å². The highest BCUT2D eigenvalue weighted by Gasteiger charge is 2.10. The van der Waals surface area contributed by atoms with Crippen molar-refractivity contribution >= 4 is 51.7 Å². The largest absolute Gasteiger partial charge is 0.382 e. The Hall–Kier alpha value is -1.99. The Morgan fingerprint density at radius 1 is 1.11 bits per heavy atom. The van der Waals surface area contributed by atoms with Gasteiger partial charge in [0.2, 0.25) is 0 Å². The van der Waals surface area contributed by atoms with Gasteiger partial charge in [-0.15, -0.1) is 10.2 Å². The average molecular weight is 279 g/mol. The average Bonchev–Trinajstić information content (AvgIpc) is 2.84. The van der Waals surface area contributed by atoms with E-state index in [0.29, 0.717) is 27.9 Å². The Balaban J connectivity index is 2.06. The van der Waals surface area contributed by atoms with E-state index in [1.54, 1.807) is 18.2 Å². The van der Waals surface area contributed by atoms with Crippen LogP contribution in [0, 0.1) is 0 Å². The Bertz CT molecular complexity index is 695. The van der Waals surface area contributed by atoms with Gasteiger partial charge in [0.15, 0.2) is 5.82 Å². The third-order valence-corrected chi connectivity index (χ3v) is 3.17. The molecule has 3 rings (SSSR count). The Morgan fingerprint density at radius 2 is 2.00 bits per heavy atom. The molecule has 2 aromatic heterocycles. The third-order valence-electron chi connectivity index (χ3n) is 2.32. The number of nitrogens with two attached hydrogens (primary N) is 1. The maximum atomic E-state index is 6.14. The van der Waals surface area contributed by atoms with Crippen molar-refractivity contribution in [1.29, 1.82) is 0 Å². The van der Waals surface area contributed by atoms with Crippen LogP contribution in [-0.2, 0) is 0 Å². The van der Waals surface area contributed by atoms with Gasteiger partial charge in [0, 0.05) is 0 Å². The first-order valence-electron chi connectivity index (χ1n) is 5.01. The number of nitrogens with zero attached hydrogens (tertiary/aromatic N) is 4. The first kappa shape index (κ1) is 11.1. The third kappa shape index (κ3) is 1.93. The van der Waals surface area contributed by atoms with E-state index in [4.69, 9.17) is 17.3 Å². The Morgan fingerprint density at radius 3 is 2.78 bits per heavy atom. The summed E-state index contributed by atoms with van der Waals surface area (Å²) in [6.07, 6.45) is 0. The summed E-state index contributed by atoms with van der Waals surface area (Å²) in [6.45, 7) is 0. The lowest BCUT2D eigenvalue weighted by Gasteiger charge is -2.07. The summed E-state index contributed by atoms with van der Waals surface area (Å²) >= 11 is 7.28. The predicted octanol–water partition coefficient (Wildman–Crippen LogP) is 2.46. The van der Waals surface area contributed by atoms with E-state index in [1.165, 1.54) is 0 Å². The number of hydrogen-bond donors (Lipinski definition) is 2. The lowest BCUT2D eigenvalue weighted by Crippen LogP contribution is -1.99. The van der Waals surface area contributed by atoms with Crippen LogP contribution >= 0.6 is 23.3 Å². The van der Waals surface area contributed by atoms with E-state index in [-0.39, 0.29) is 0 Å². The first-order valence-corrected chi connectivity index (χ1v) is 6.12. The number of nitrogens with one attached hydrogen (secondary N) is 1. The maximum absolute atomic E-state index is 6.14. The van der Waals surface area contributed by atoms with Crippen molar-refractivity contribution in [3.8, 4) is 0 Å². The van der Waals surface area contributed by atoms with Crippen LogP contribution in [-0.4, -0.2) is 18.9 Å². The molecule has 90 valence electrons. The lowest BCUT2D eigenvalue weighted by molar-refractivity contribution is 1.05. The predicted molar refractivity (Wildman–Crippen MR) is 72.2 cm³/mol. The van der Waals surface area contributed by atoms with Crippen LogP contribution in [0.15, 0.2) is 24.3 Å². The molecule has 0 aliphatic rings. The number of benzene rings is 1. The van der Waals surface area contributed by atoms with E-state index >= 15 is 0 Å². The van der Waals surface area contributed by atoms with Crippen molar-refractivity contribution in [1.82, 2.24) is 18.9 Å². The number of aromatic nitrogens is 4. The monoisotopic (exact) mass is 278 g/mol. The second kappa shape index (κ2) is 4.35. The summed E-state index contributed by atoms with van der Waals surface area (Å²) in [5.74, 6) is 0.909. The summed E-state index contributed by atoms with van der Waals surface area (Å²) < 4.78 is 8.36. The van der Waals surface area contributed by atoms with Gasteiger partial charge in [-0.1, -0.05) is 11.6 Å². The van der Waals surface area contributed by atoms with E-state index in [9.17, 15) is 0 Å². The number of nitrogen functional groups attached to an aromatic ring is 1.